The van der Waals surface area contributed by atoms with Crippen LogP contribution in [0.2, 0.25) is 5.02 Å². The van der Waals surface area contributed by atoms with Crippen molar-refractivity contribution in [3.63, 3.8) is 0 Å². The summed E-state index contributed by atoms with van der Waals surface area (Å²) in [5, 5.41) is 6.14. The molecule has 0 aliphatic heterocycles. The van der Waals surface area contributed by atoms with E-state index in [-0.39, 0.29) is 29.5 Å². The van der Waals surface area contributed by atoms with Crippen molar-refractivity contribution in [2.24, 2.45) is 0 Å². The lowest BCUT2D eigenvalue weighted by molar-refractivity contribution is -0.117. The Kier molecular flexibility index (Phi) is 7.97. The molecule has 0 spiro atoms. The van der Waals surface area contributed by atoms with Gasteiger partial charge in [0, 0.05) is 45.7 Å². The maximum Gasteiger partial charge on any atom is 0.244 e. The van der Waals surface area contributed by atoms with E-state index in [2.05, 4.69) is 10.6 Å². The minimum Gasteiger partial charge on any atom is -0.491 e. The maximum absolute atomic E-state index is 12.7. The Morgan fingerprint density at radius 1 is 1.06 bits per heavy atom. The molecule has 0 aliphatic rings. The summed E-state index contributed by atoms with van der Waals surface area (Å²) in [6, 6.07) is 15.7. The molecule has 2 aromatic carbocycles. The lowest BCUT2D eigenvalue weighted by Crippen LogP contribution is -2.22. The van der Waals surface area contributed by atoms with E-state index in [0.717, 1.165) is 4.90 Å². The predicted octanol–water partition coefficient (Wildman–Crippen LogP) is 4.40. The summed E-state index contributed by atoms with van der Waals surface area (Å²) < 4.78 is 6.83. The highest BCUT2D eigenvalue weighted by Crippen LogP contribution is 2.24. The molecule has 0 radical (unpaired) electrons. The highest BCUT2D eigenvalue weighted by atomic mass is 35.5. The monoisotopic (exact) mass is 471 g/mol. The van der Waals surface area contributed by atoms with Crippen molar-refractivity contribution in [3.05, 3.63) is 81.7 Å². The van der Waals surface area contributed by atoms with Crippen molar-refractivity contribution in [1.82, 2.24) is 4.57 Å². The van der Waals surface area contributed by atoms with E-state index in [9.17, 15) is 14.4 Å². The quantitative estimate of drug-likeness (QED) is 0.475. The van der Waals surface area contributed by atoms with Gasteiger partial charge in [0.2, 0.25) is 17.2 Å². The Bertz CT molecular complexity index is 1180. The molecule has 7 nitrogen and oxygen atoms in total. The van der Waals surface area contributed by atoms with E-state index < -0.39 is 0 Å². The standard InChI is InChI=1S/C23H22ClN3O4S/c1-15(28)25-17-4-3-5-18(10-17)26-23(30)13-27-12-22(31-2)21(29)11-19(27)14-32-20-8-6-16(24)7-9-20/h3-12H,13-14H2,1-2H3,(H,25,28)(H,26,30). The van der Waals surface area contributed by atoms with E-state index in [1.54, 1.807) is 41.0 Å². The third-order valence-electron chi connectivity index (χ3n) is 4.38. The molecule has 0 unspecified atom stereocenters. The number of halogens is 1. The molecule has 0 aliphatic carbocycles. The molecule has 0 saturated carbocycles. The molecule has 3 aromatic rings. The van der Waals surface area contributed by atoms with Crippen LogP contribution in [0, 0.1) is 0 Å². The number of hydrogen-bond acceptors (Lipinski definition) is 5. The Morgan fingerprint density at radius 3 is 2.41 bits per heavy atom. The maximum atomic E-state index is 12.7. The minimum atomic E-state index is -0.284. The second-order valence-electron chi connectivity index (χ2n) is 6.88. The van der Waals surface area contributed by atoms with E-state index in [1.165, 1.54) is 38.1 Å². The van der Waals surface area contributed by atoms with Gasteiger partial charge >= 0.3 is 0 Å². The van der Waals surface area contributed by atoms with Crippen molar-refractivity contribution in [2.75, 3.05) is 17.7 Å². The van der Waals surface area contributed by atoms with Gasteiger partial charge in [-0.15, -0.1) is 11.8 Å². The van der Waals surface area contributed by atoms with Crippen LogP contribution in [-0.2, 0) is 21.9 Å². The molecule has 3 rings (SSSR count). The van der Waals surface area contributed by atoms with Crippen molar-refractivity contribution in [1.29, 1.82) is 0 Å². The summed E-state index contributed by atoms with van der Waals surface area (Å²) in [6.07, 6.45) is 1.54. The van der Waals surface area contributed by atoms with Crippen molar-refractivity contribution in [3.8, 4) is 5.75 Å². The molecule has 1 aromatic heterocycles. The lowest BCUT2D eigenvalue weighted by Gasteiger charge is -2.15. The summed E-state index contributed by atoms with van der Waals surface area (Å²) in [4.78, 5) is 37.2. The number of carbonyl (C=O) groups is 2. The predicted molar refractivity (Wildman–Crippen MR) is 128 cm³/mol. The normalized spacial score (nSPS) is 10.5. The number of hydrogen-bond donors (Lipinski definition) is 2. The largest absolute Gasteiger partial charge is 0.491 e. The van der Waals surface area contributed by atoms with Gasteiger partial charge in [-0.3, -0.25) is 14.4 Å². The Morgan fingerprint density at radius 2 is 1.75 bits per heavy atom. The average Bonchev–Trinajstić information content (AvgIpc) is 2.74. The number of pyridine rings is 1. The number of nitrogens with zero attached hydrogens (tertiary/aromatic N) is 1. The van der Waals surface area contributed by atoms with Gasteiger partial charge in [0.15, 0.2) is 5.75 Å². The molecule has 32 heavy (non-hydrogen) atoms. The number of ether oxygens (including phenoxy) is 1. The molecule has 2 amide bonds. The van der Waals surface area contributed by atoms with Crippen molar-refractivity contribution < 1.29 is 14.3 Å². The van der Waals surface area contributed by atoms with Gasteiger partial charge < -0.3 is 19.9 Å². The molecule has 0 saturated heterocycles. The molecule has 0 bridgehead atoms. The molecular formula is C23H22ClN3O4S. The van der Waals surface area contributed by atoms with Gasteiger partial charge in [0.05, 0.1) is 13.3 Å². The number of carbonyl (C=O) groups excluding carboxylic acids is 2. The zero-order chi connectivity index (χ0) is 23.1. The van der Waals surface area contributed by atoms with E-state index >= 15 is 0 Å². The summed E-state index contributed by atoms with van der Waals surface area (Å²) in [6.45, 7) is 1.40. The van der Waals surface area contributed by atoms with Crippen LogP contribution in [0.1, 0.15) is 12.6 Å². The van der Waals surface area contributed by atoms with Crippen LogP contribution < -0.4 is 20.8 Å². The van der Waals surface area contributed by atoms with E-state index in [4.69, 9.17) is 16.3 Å². The highest BCUT2D eigenvalue weighted by Gasteiger charge is 2.12. The molecule has 0 fully saturated rings. The van der Waals surface area contributed by atoms with Crippen LogP contribution >= 0.6 is 23.4 Å². The first-order valence-electron chi connectivity index (χ1n) is 9.67. The van der Waals surface area contributed by atoms with Crippen LogP contribution in [0.25, 0.3) is 0 Å². The fourth-order valence-corrected chi connectivity index (χ4v) is 3.96. The number of benzene rings is 2. The topological polar surface area (TPSA) is 89.4 Å². The first-order valence-corrected chi connectivity index (χ1v) is 11.0. The molecule has 166 valence electrons. The number of rotatable bonds is 8. The molecule has 0 atom stereocenters. The highest BCUT2D eigenvalue weighted by molar-refractivity contribution is 7.98. The number of amides is 2. The smallest absolute Gasteiger partial charge is 0.244 e. The molecule has 9 heteroatoms. The Labute approximate surface area is 194 Å². The fourth-order valence-electron chi connectivity index (χ4n) is 2.94. The first-order chi connectivity index (χ1) is 15.3. The number of aromatic nitrogens is 1. The third kappa shape index (κ3) is 6.63. The second-order valence-corrected chi connectivity index (χ2v) is 8.36. The zero-order valence-electron chi connectivity index (χ0n) is 17.6. The molecule has 1 heterocycles. The first kappa shape index (κ1) is 23.4. The second kappa shape index (κ2) is 10.9. The van der Waals surface area contributed by atoms with E-state index in [1.807, 2.05) is 12.1 Å². The number of thioether (sulfide) groups is 1. The van der Waals surface area contributed by atoms with Gasteiger partial charge in [-0.05, 0) is 42.5 Å². The number of nitrogens with one attached hydrogen (secondary N) is 2. The molecular weight excluding hydrogens is 450 g/mol. The van der Waals surface area contributed by atoms with E-state index in [0.29, 0.717) is 27.8 Å². The van der Waals surface area contributed by atoms with Crippen molar-refractivity contribution in [2.45, 2.75) is 24.1 Å². The van der Waals surface area contributed by atoms with Gasteiger partial charge in [0.1, 0.15) is 6.54 Å². The number of anilines is 2. The number of methoxy groups -OCH3 is 1. The zero-order valence-corrected chi connectivity index (χ0v) is 19.1. The van der Waals surface area contributed by atoms with Crippen LogP contribution in [0.4, 0.5) is 11.4 Å². The Balaban J connectivity index is 1.76. The lowest BCUT2D eigenvalue weighted by atomic mass is 10.2. The Hall–Kier alpha value is -3.23. The SMILES string of the molecule is COc1cn(CC(=O)Nc2cccc(NC(C)=O)c2)c(CSc2ccc(Cl)cc2)cc1=O. The van der Waals surface area contributed by atoms with Gasteiger partial charge in [-0.2, -0.15) is 0 Å². The summed E-state index contributed by atoms with van der Waals surface area (Å²) in [7, 11) is 1.41. The summed E-state index contributed by atoms with van der Waals surface area (Å²) >= 11 is 7.46. The van der Waals surface area contributed by atoms with Crippen LogP contribution in [0.3, 0.4) is 0 Å². The fraction of sp³-hybridized carbons (Fsp3) is 0.174. The minimum absolute atomic E-state index is 0.0164. The van der Waals surface area contributed by atoms with Gasteiger partial charge in [-0.1, -0.05) is 17.7 Å². The third-order valence-corrected chi connectivity index (χ3v) is 5.68. The van der Waals surface area contributed by atoms with Gasteiger partial charge in [0.25, 0.3) is 0 Å². The van der Waals surface area contributed by atoms with Crippen LogP contribution in [0.5, 0.6) is 5.75 Å². The van der Waals surface area contributed by atoms with Crippen molar-refractivity contribution >= 4 is 46.6 Å². The summed E-state index contributed by atoms with van der Waals surface area (Å²) in [5.41, 5.74) is 1.56. The summed E-state index contributed by atoms with van der Waals surface area (Å²) in [5.74, 6) is 0.155. The molecule has 2 N–H and O–H groups in total. The average molecular weight is 472 g/mol. The van der Waals surface area contributed by atoms with Crippen LogP contribution in [-0.4, -0.2) is 23.5 Å². The van der Waals surface area contributed by atoms with Gasteiger partial charge in [-0.25, -0.2) is 0 Å². The van der Waals surface area contributed by atoms with Crippen LogP contribution in [0.15, 0.2) is 70.5 Å².